The molecule has 0 radical (unpaired) electrons. The van der Waals surface area contributed by atoms with Crippen LogP contribution in [0.4, 0.5) is 0 Å². The van der Waals surface area contributed by atoms with Crippen LogP contribution in [0, 0.1) is 5.92 Å². The first-order chi connectivity index (χ1) is 11.2. The molecule has 1 aliphatic heterocycles. The maximum absolute atomic E-state index is 12.6. The fourth-order valence-electron chi connectivity index (χ4n) is 2.91. The molecule has 6 heteroatoms. The first-order valence-corrected chi connectivity index (χ1v) is 8.29. The SMILES string of the molecule is Cl.O=C(NC(c1cccc(Cl)c1)c1ccccn1)C1CCNCC1. The van der Waals surface area contributed by atoms with Crippen LogP contribution in [0.1, 0.15) is 30.1 Å². The Morgan fingerprint density at radius 1 is 1.21 bits per heavy atom. The molecule has 4 nitrogen and oxygen atoms in total. The lowest BCUT2D eigenvalue weighted by molar-refractivity contribution is -0.126. The molecular formula is C18H21Cl2N3O. The fourth-order valence-corrected chi connectivity index (χ4v) is 3.10. The third kappa shape index (κ3) is 4.69. The zero-order valence-corrected chi connectivity index (χ0v) is 14.8. The van der Waals surface area contributed by atoms with Crippen molar-refractivity contribution in [2.24, 2.45) is 5.92 Å². The molecule has 1 aliphatic rings. The molecule has 1 aromatic heterocycles. The molecule has 2 N–H and O–H groups in total. The van der Waals surface area contributed by atoms with E-state index in [9.17, 15) is 4.79 Å². The summed E-state index contributed by atoms with van der Waals surface area (Å²) in [5.74, 6) is 0.142. The molecule has 0 spiro atoms. The Morgan fingerprint density at radius 2 is 2.00 bits per heavy atom. The van der Waals surface area contributed by atoms with Crippen LogP contribution in [0.3, 0.4) is 0 Å². The number of piperidine rings is 1. The summed E-state index contributed by atoms with van der Waals surface area (Å²) >= 11 is 6.12. The van der Waals surface area contributed by atoms with Gasteiger partial charge in [0.1, 0.15) is 0 Å². The van der Waals surface area contributed by atoms with Gasteiger partial charge in [-0.1, -0.05) is 29.8 Å². The van der Waals surface area contributed by atoms with Gasteiger partial charge in [-0.15, -0.1) is 12.4 Å². The van der Waals surface area contributed by atoms with Crippen LogP contribution in [-0.2, 0) is 4.79 Å². The first-order valence-electron chi connectivity index (χ1n) is 7.91. The first kappa shape index (κ1) is 18.7. The van der Waals surface area contributed by atoms with E-state index in [0.29, 0.717) is 5.02 Å². The smallest absolute Gasteiger partial charge is 0.224 e. The van der Waals surface area contributed by atoms with Gasteiger partial charge in [-0.2, -0.15) is 0 Å². The minimum atomic E-state index is -0.280. The normalized spacial score (nSPS) is 16.0. The molecule has 2 heterocycles. The van der Waals surface area contributed by atoms with E-state index in [0.717, 1.165) is 37.2 Å². The number of pyridine rings is 1. The molecule has 1 unspecified atom stereocenters. The molecule has 2 aromatic rings. The molecule has 0 bridgehead atoms. The highest BCUT2D eigenvalue weighted by molar-refractivity contribution is 6.30. The van der Waals surface area contributed by atoms with Crippen molar-refractivity contribution in [1.82, 2.24) is 15.6 Å². The van der Waals surface area contributed by atoms with Gasteiger partial charge in [0, 0.05) is 17.1 Å². The lowest BCUT2D eigenvalue weighted by Gasteiger charge is -2.25. The second-order valence-corrected chi connectivity index (χ2v) is 6.21. The molecule has 1 atom stereocenters. The third-order valence-corrected chi connectivity index (χ3v) is 4.40. The predicted molar refractivity (Wildman–Crippen MR) is 98.5 cm³/mol. The molecule has 1 amide bonds. The molecule has 128 valence electrons. The standard InChI is InChI=1S/C18H20ClN3O.ClH/c19-15-5-3-4-14(12-15)17(16-6-1-2-9-21-16)22-18(23)13-7-10-20-11-8-13;/h1-6,9,12-13,17,20H,7-8,10-11H2,(H,22,23);1H. The van der Waals surface area contributed by atoms with E-state index in [1.165, 1.54) is 0 Å². The van der Waals surface area contributed by atoms with Crippen molar-refractivity contribution >= 4 is 29.9 Å². The van der Waals surface area contributed by atoms with Crippen LogP contribution in [0.25, 0.3) is 0 Å². The van der Waals surface area contributed by atoms with Gasteiger partial charge in [0.2, 0.25) is 5.91 Å². The number of nitrogens with one attached hydrogen (secondary N) is 2. The van der Waals surface area contributed by atoms with Crippen molar-refractivity contribution in [2.75, 3.05) is 13.1 Å². The Hall–Kier alpha value is -1.62. The minimum Gasteiger partial charge on any atom is -0.343 e. The monoisotopic (exact) mass is 365 g/mol. The quantitative estimate of drug-likeness (QED) is 0.873. The van der Waals surface area contributed by atoms with Crippen molar-refractivity contribution in [1.29, 1.82) is 0 Å². The predicted octanol–water partition coefficient (Wildman–Crippen LogP) is 3.36. The number of halogens is 2. The van der Waals surface area contributed by atoms with E-state index < -0.39 is 0 Å². The summed E-state index contributed by atoms with van der Waals surface area (Å²) in [7, 11) is 0. The number of benzene rings is 1. The number of amides is 1. The second-order valence-electron chi connectivity index (χ2n) is 5.78. The number of hydrogen-bond donors (Lipinski definition) is 2. The van der Waals surface area contributed by atoms with E-state index in [-0.39, 0.29) is 30.3 Å². The van der Waals surface area contributed by atoms with Gasteiger partial charge in [-0.25, -0.2) is 0 Å². The largest absolute Gasteiger partial charge is 0.343 e. The summed E-state index contributed by atoms with van der Waals surface area (Å²) in [5.41, 5.74) is 1.76. The highest BCUT2D eigenvalue weighted by atomic mass is 35.5. The minimum absolute atomic E-state index is 0. The molecular weight excluding hydrogens is 345 g/mol. The van der Waals surface area contributed by atoms with Gasteiger partial charge in [0.05, 0.1) is 11.7 Å². The molecule has 0 aliphatic carbocycles. The summed E-state index contributed by atoms with van der Waals surface area (Å²) in [4.78, 5) is 17.1. The maximum atomic E-state index is 12.6. The molecule has 1 aromatic carbocycles. The molecule has 0 saturated carbocycles. The number of rotatable bonds is 4. The van der Waals surface area contributed by atoms with Gasteiger partial charge < -0.3 is 10.6 Å². The summed E-state index contributed by atoms with van der Waals surface area (Å²) in [6.07, 6.45) is 3.48. The second kappa shape index (κ2) is 9.02. The summed E-state index contributed by atoms with van der Waals surface area (Å²) in [6, 6.07) is 13.0. The van der Waals surface area contributed by atoms with Crippen molar-refractivity contribution < 1.29 is 4.79 Å². The van der Waals surface area contributed by atoms with Crippen molar-refractivity contribution in [3.8, 4) is 0 Å². The molecule has 24 heavy (non-hydrogen) atoms. The van der Waals surface area contributed by atoms with Gasteiger partial charge in [0.25, 0.3) is 0 Å². The van der Waals surface area contributed by atoms with E-state index in [4.69, 9.17) is 11.6 Å². The van der Waals surface area contributed by atoms with Crippen LogP contribution in [0.15, 0.2) is 48.7 Å². The topological polar surface area (TPSA) is 54.0 Å². The average molecular weight is 366 g/mol. The lowest BCUT2D eigenvalue weighted by atomic mass is 9.95. The van der Waals surface area contributed by atoms with E-state index >= 15 is 0 Å². The maximum Gasteiger partial charge on any atom is 0.224 e. The summed E-state index contributed by atoms with van der Waals surface area (Å²) < 4.78 is 0. The van der Waals surface area contributed by atoms with Crippen LogP contribution < -0.4 is 10.6 Å². The Morgan fingerprint density at radius 3 is 2.67 bits per heavy atom. The van der Waals surface area contributed by atoms with Gasteiger partial charge in [-0.05, 0) is 55.8 Å². The van der Waals surface area contributed by atoms with E-state index in [1.807, 2.05) is 42.5 Å². The van der Waals surface area contributed by atoms with E-state index in [1.54, 1.807) is 6.20 Å². The third-order valence-electron chi connectivity index (χ3n) is 4.16. The Bertz CT molecular complexity index is 660. The van der Waals surface area contributed by atoms with Gasteiger partial charge in [-0.3, -0.25) is 9.78 Å². The van der Waals surface area contributed by atoms with Crippen LogP contribution in [-0.4, -0.2) is 24.0 Å². The van der Waals surface area contributed by atoms with Gasteiger partial charge >= 0.3 is 0 Å². The Balaban J connectivity index is 0.00000208. The van der Waals surface area contributed by atoms with Crippen molar-refractivity contribution in [3.05, 3.63) is 64.9 Å². The van der Waals surface area contributed by atoms with Crippen LogP contribution in [0.2, 0.25) is 5.02 Å². The molecule has 1 saturated heterocycles. The number of carbonyl (C=O) groups is 1. The van der Waals surface area contributed by atoms with E-state index in [2.05, 4.69) is 15.6 Å². The molecule has 3 rings (SSSR count). The lowest BCUT2D eigenvalue weighted by Crippen LogP contribution is -2.40. The zero-order valence-electron chi connectivity index (χ0n) is 13.2. The number of carbonyl (C=O) groups excluding carboxylic acids is 1. The highest BCUT2D eigenvalue weighted by Gasteiger charge is 2.25. The summed E-state index contributed by atoms with van der Waals surface area (Å²) in [6.45, 7) is 1.78. The highest BCUT2D eigenvalue weighted by Crippen LogP contribution is 2.24. The number of aromatic nitrogens is 1. The van der Waals surface area contributed by atoms with Crippen LogP contribution in [0.5, 0.6) is 0 Å². The Labute approximate surface area is 153 Å². The fraction of sp³-hybridized carbons (Fsp3) is 0.333. The number of nitrogens with zero attached hydrogens (tertiary/aromatic N) is 1. The zero-order chi connectivity index (χ0) is 16.1. The average Bonchev–Trinajstić information content (AvgIpc) is 2.61. The van der Waals surface area contributed by atoms with Crippen molar-refractivity contribution in [3.63, 3.8) is 0 Å². The number of hydrogen-bond acceptors (Lipinski definition) is 3. The Kier molecular flexibility index (Phi) is 7.03. The molecule has 1 fully saturated rings. The van der Waals surface area contributed by atoms with Gasteiger partial charge in [0.15, 0.2) is 0 Å². The van der Waals surface area contributed by atoms with Crippen LogP contribution >= 0.6 is 24.0 Å². The van der Waals surface area contributed by atoms with Crippen molar-refractivity contribution in [2.45, 2.75) is 18.9 Å². The summed E-state index contributed by atoms with van der Waals surface area (Å²) in [5, 5.41) is 7.09.